The molecule has 0 saturated heterocycles. The van der Waals surface area contributed by atoms with E-state index in [4.69, 9.17) is 10.6 Å². The van der Waals surface area contributed by atoms with Gasteiger partial charge in [0, 0.05) is 5.57 Å². The van der Waals surface area contributed by atoms with E-state index in [0.29, 0.717) is 12.0 Å². The lowest BCUT2D eigenvalue weighted by molar-refractivity contribution is -0.0126. The van der Waals surface area contributed by atoms with E-state index in [9.17, 15) is 9.18 Å². The molecule has 0 aromatic heterocycles. The van der Waals surface area contributed by atoms with Gasteiger partial charge in [0.15, 0.2) is 11.6 Å². The lowest BCUT2D eigenvalue weighted by Crippen LogP contribution is -2.28. The molecule has 1 aliphatic carbocycles. The van der Waals surface area contributed by atoms with Crippen LogP contribution in [0, 0.1) is 0 Å². The molecule has 1 aliphatic heterocycles. The van der Waals surface area contributed by atoms with Crippen LogP contribution in [0.4, 0.5) is 9.18 Å². The van der Waals surface area contributed by atoms with Crippen molar-refractivity contribution in [3.05, 3.63) is 35.5 Å². The van der Waals surface area contributed by atoms with Gasteiger partial charge >= 0.3 is 6.03 Å². The highest BCUT2D eigenvalue weighted by Gasteiger charge is 2.27. The number of nitrogens with two attached hydrogens (primary N) is 1. The van der Waals surface area contributed by atoms with Crippen molar-refractivity contribution in [1.82, 2.24) is 5.06 Å². The van der Waals surface area contributed by atoms with Crippen molar-refractivity contribution >= 4 is 6.03 Å². The Labute approximate surface area is 73.7 Å². The maximum Gasteiger partial charge on any atom is 0.352 e. The molecular weight excluding hydrogens is 175 g/mol. The number of primary amides is 1. The summed E-state index contributed by atoms with van der Waals surface area (Å²) in [6.07, 6.45) is 4.89. The number of hydrogen-bond donors (Lipinski definition) is 1. The molecule has 2 amide bonds. The Morgan fingerprint density at radius 1 is 1.69 bits per heavy atom. The maximum absolute atomic E-state index is 13.0. The minimum Gasteiger partial charge on any atom is -0.367 e. The fraction of sp³-hybridized carbons (Fsp3) is 0.125. The van der Waals surface area contributed by atoms with E-state index in [-0.39, 0.29) is 5.76 Å². The molecule has 0 bridgehead atoms. The smallest absolute Gasteiger partial charge is 0.352 e. The van der Waals surface area contributed by atoms with E-state index in [1.54, 1.807) is 6.08 Å². The number of allylic oxidation sites excluding steroid dienone is 4. The van der Waals surface area contributed by atoms with Crippen LogP contribution in [-0.4, -0.2) is 11.1 Å². The third-order valence-corrected chi connectivity index (χ3v) is 1.79. The largest absolute Gasteiger partial charge is 0.367 e. The SMILES string of the molecule is NC(=O)N1C=C2CC=CC(F)=C2O1. The third-order valence-electron chi connectivity index (χ3n) is 1.79. The van der Waals surface area contributed by atoms with Crippen molar-refractivity contribution in [2.75, 3.05) is 0 Å². The first kappa shape index (κ1) is 7.85. The van der Waals surface area contributed by atoms with Gasteiger partial charge in [0.2, 0.25) is 0 Å². The first-order valence-corrected chi connectivity index (χ1v) is 3.72. The van der Waals surface area contributed by atoms with Gasteiger partial charge in [-0.2, -0.15) is 0 Å². The summed E-state index contributed by atoms with van der Waals surface area (Å²) in [5, 5.41) is 0.817. The summed E-state index contributed by atoms with van der Waals surface area (Å²) in [4.78, 5) is 15.5. The fourth-order valence-corrected chi connectivity index (χ4v) is 1.20. The second-order valence-corrected chi connectivity index (χ2v) is 2.69. The van der Waals surface area contributed by atoms with E-state index in [0.717, 1.165) is 5.06 Å². The van der Waals surface area contributed by atoms with Gasteiger partial charge in [-0.15, -0.1) is 5.06 Å². The molecule has 0 fully saturated rings. The van der Waals surface area contributed by atoms with Gasteiger partial charge in [-0.05, 0) is 12.5 Å². The Bertz CT molecular complexity index is 357. The number of nitrogens with zero attached hydrogens (tertiary/aromatic N) is 1. The predicted molar refractivity (Wildman–Crippen MR) is 42.5 cm³/mol. The van der Waals surface area contributed by atoms with Gasteiger partial charge in [-0.25, -0.2) is 9.18 Å². The molecule has 0 aromatic carbocycles. The Morgan fingerprint density at radius 3 is 3.08 bits per heavy atom. The van der Waals surface area contributed by atoms with E-state index >= 15 is 0 Å². The van der Waals surface area contributed by atoms with Gasteiger partial charge in [0.25, 0.3) is 0 Å². The van der Waals surface area contributed by atoms with Crippen molar-refractivity contribution < 1.29 is 14.0 Å². The van der Waals surface area contributed by atoms with Crippen molar-refractivity contribution in [2.45, 2.75) is 6.42 Å². The Kier molecular flexibility index (Phi) is 1.58. The van der Waals surface area contributed by atoms with Crippen LogP contribution in [0.2, 0.25) is 0 Å². The van der Waals surface area contributed by atoms with Crippen LogP contribution in [0.1, 0.15) is 6.42 Å². The summed E-state index contributed by atoms with van der Waals surface area (Å²) in [6.45, 7) is 0. The quantitative estimate of drug-likeness (QED) is 0.614. The van der Waals surface area contributed by atoms with Crippen molar-refractivity contribution in [1.29, 1.82) is 0 Å². The second-order valence-electron chi connectivity index (χ2n) is 2.69. The number of halogens is 1. The zero-order valence-electron chi connectivity index (χ0n) is 6.66. The number of fused-ring (bicyclic) bond motifs is 1. The van der Waals surface area contributed by atoms with Crippen LogP contribution < -0.4 is 5.73 Å². The van der Waals surface area contributed by atoms with Crippen LogP contribution in [0.5, 0.6) is 0 Å². The molecule has 0 atom stereocenters. The van der Waals surface area contributed by atoms with Crippen LogP contribution in [0.3, 0.4) is 0 Å². The fourth-order valence-electron chi connectivity index (χ4n) is 1.20. The number of carbonyl (C=O) groups is 1. The Hall–Kier alpha value is -1.78. The molecule has 2 rings (SSSR count). The standard InChI is InChI=1S/C8H7FN2O2/c9-6-3-1-2-5-4-11(8(10)12)13-7(5)6/h1,3-4H,2H2,(H2,10,12). The van der Waals surface area contributed by atoms with Gasteiger partial charge in [0.1, 0.15) is 0 Å². The van der Waals surface area contributed by atoms with E-state index in [1.165, 1.54) is 12.3 Å². The van der Waals surface area contributed by atoms with Crippen molar-refractivity contribution in [2.24, 2.45) is 5.73 Å². The summed E-state index contributed by atoms with van der Waals surface area (Å²) < 4.78 is 13.0. The van der Waals surface area contributed by atoms with Gasteiger partial charge in [0.05, 0.1) is 6.20 Å². The monoisotopic (exact) mass is 182 g/mol. The molecule has 13 heavy (non-hydrogen) atoms. The summed E-state index contributed by atoms with van der Waals surface area (Å²) in [5.74, 6) is -0.400. The van der Waals surface area contributed by atoms with Gasteiger partial charge in [-0.3, -0.25) is 0 Å². The molecule has 0 spiro atoms. The Morgan fingerprint density at radius 2 is 2.46 bits per heavy atom. The number of hydroxylamine groups is 2. The average Bonchev–Trinajstić information content (AvgIpc) is 2.49. The summed E-state index contributed by atoms with van der Waals surface area (Å²) >= 11 is 0. The number of urea groups is 1. The highest BCUT2D eigenvalue weighted by Crippen LogP contribution is 2.32. The van der Waals surface area contributed by atoms with Crippen LogP contribution >= 0.6 is 0 Å². The van der Waals surface area contributed by atoms with Crippen molar-refractivity contribution in [3.63, 3.8) is 0 Å². The predicted octanol–water partition coefficient (Wildman–Crippen LogP) is 1.34. The maximum atomic E-state index is 13.0. The number of rotatable bonds is 0. The molecule has 4 nitrogen and oxygen atoms in total. The first-order chi connectivity index (χ1) is 6.18. The molecule has 68 valence electrons. The molecule has 1 heterocycles. The highest BCUT2D eigenvalue weighted by molar-refractivity contribution is 5.73. The molecule has 0 radical (unpaired) electrons. The highest BCUT2D eigenvalue weighted by atomic mass is 19.1. The topological polar surface area (TPSA) is 55.6 Å². The van der Waals surface area contributed by atoms with Crippen LogP contribution in [-0.2, 0) is 4.84 Å². The minimum atomic E-state index is -0.762. The number of amides is 2. The normalized spacial score (nSPS) is 19.8. The van der Waals surface area contributed by atoms with Gasteiger partial charge in [-0.1, -0.05) is 6.08 Å². The van der Waals surface area contributed by atoms with Crippen molar-refractivity contribution in [3.8, 4) is 0 Å². The van der Waals surface area contributed by atoms with Gasteiger partial charge < -0.3 is 10.6 Å². The van der Waals surface area contributed by atoms with Crippen LogP contribution in [0.15, 0.2) is 35.5 Å². The van der Waals surface area contributed by atoms with E-state index in [1.807, 2.05) is 0 Å². The zero-order valence-corrected chi connectivity index (χ0v) is 6.66. The second kappa shape index (κ2) is 2.62. The lowest BCUT2D eigenvalue weighted by Gasteiger charge is -2.10. The molecule has 2 aliphatic rings. The zero-order chi connectivity index (χ0) is 9.42. The first-order valence-electron chi connectivity index (χ1n) is 3.72. The summed E-state index contributed by atoms with van der Waals surface area (Å²) in [7, 11) is 0. The molecule has 2 N–H and O–H groups in total. The molecule has 0 aromatic rings. The number of carbonyl (C=O) groups excluding carboxylic acids is 1. The Balaban J connectivity index is 2.33. The summed E-state index contributed by atoms with van der Waals surface area (Å²) in [5.41, 5.74) is 5.57. The molecular formula is C8H7FN2O2. The molecule has 5 heteroatoms. The summed E-state index contributed by atoms with van der Waals surface area (Å²) in [6, 6.07) is -0.762. The lowest BCUT2D eigenvalue weighted by atomic mass is 10.1. The third kappa shape index (κ3) is 1.18. The minimum absolute atomic E-state index is 0.0845. The van der Waals surface area contributed by atoms with Crippen LogP contribution in [0.25, 0.3) is 0 Å². The molecule has 0 unspecified atom stereocenters. The number of hydrogen-bond acceptors (Lipinski definition) is 2. The van der Waals surface area contributed by atoms with E-state index < -0.39 is 11.9 Å². The average molecular weight is 182 g/mol. The molecule has 0 saturated carbocycles. The van der Waals surface area contributed by atoms with E-state index in [2.05, 4.69) is 0 Å².